The maximum atomic E-state index is 13.3. The summed E-state index contributed by atoms with van der Waals surface area (Å²) in [5, 5.41) is 4.84. The van der Waals surface area contributed by atoms with E-state index < -0.39 is 51.2 Å². The van der Waals surface area contributed by atoms with Crippen molar-refractivity contribution in [3.63, 3.8) is 0 Å². The minimum absolute atomic E-state index is 0.118. The molecular formula is C18H15ClF4N6O3S. The van der Waals surface area contributed by atoms with Crippen LogP contribution in [0.3, 0.4) is 0 Å². The molecule has 0 fully saturated rings. The molecule has 3 aromatic rings. The zero-order valence-electron chi connectivity index (χ0n) is 16.6. The number of alkyl halides is 4. The molecule has 0 aliphatic rings. The monoisotopic (exact) mass is 506 g/mol. The van der Waals surface area contributed by atoms with Crippen LogP contribution < -0.4 is 10.0 Å². The van der Waals surface area contributed by atoms with Gasteiger partial charge in [-0.2, -0.15) is 5.10 Å². The van der Waals surface area contributed by atoms with Crippen molar-refractivity contribution in [2.75, 3.05) is 10.0 Å². The van der Waals surface area contributed by atoms with Gasteiger partial charge in [-0.1, -0.05) is 11.6 Å². The molecule has 0 saturated heterocycles. The first-order valence-corrected chi connectivity index (χ1v) is 10.9. The van der Waals surface area contributed by atoms with Crippen LogP contribution >= 0.6 is 11.6 Å². The number of sulfonamides is 1. The van der Waals surface area contributed by atoms with Gasteiger partial charge in [-0.25, -0.2) is 45.4 Å². The van der Waals surface area contributed by atoms with Crippen LogP contribution in [0.5, 0.6) is 0 Å². The van der Waals surface area contributed by atoms with Gasteiger partial charge >= 0.3 is 0 Å². The van der Waals surface area contributed by atoms with Crippen LogP contribution in [0.25, 0.3) is 0 Å². The Balaban J connectivity index is 1.77. The quantitative estimate of drug-likeness (QED) is 0.442. The van der Waals surface area contributed by atoms with E-state index in [0.29, 0.717) is 4.68 Å². The zero-order chi connectivity index (χ0) is 24.3. The fraction of sp³-hybridized carbons (Fsp3) is 0.222. The highest BCUT2D eigenvalue weighted by atomic mass is 35.5. The second-order valence-electron chi connectivity index (χ2n) is 6.50. The summed E-state index contributed by atoms with van der Waals surface area (Å²) >= 11 is 5.60. The lowest BCUT2D eigenvalue weighted by Crippen LogP contribution is -2.26. The molecule has 0 spiro atoms. The van der Waals surface area contributed by atoms with Crippen molar-refractivity contribution < 1.29 is 30.8 Å². The van der Waals surface area contributed by atoms with Crippen molar-refractivity contribution in [2.45, 2.75) is 30.7 Å². The van der Waals surface area contributed by atoms with Gasteiger partial charge in [0.05, 0.1) is 9.92 Å². The van der Waals surface area contributed by atoms with E-state index in [-0.39, 0.29) is 16.5 Å². The molecule has 33 heavy (non-hydrogen) atoms. The predicted molar refractivity (Wildman–Crippen MR) is 110 cm³/mol. The van der Waals surface area contributed by atoms with E-state index in [4.69, 9.17) is 11.6 Å². The van der Waals surface area contributed by atoms with Gasteiger partial charge in [-0.05, 0) is 37.3 Å². The van der Waals surface area contributed by atoms with E-state index in [2.05, 4.69) is 25.1 Å². The van der Waals surface area contributed by atoms with E-state index in [9.17, 15) is 30.8 Å². The average molecular weight is 507 g/mol. The van der Waals surface area contributed by atoms with E-state index in [0.717, 1.165) is 0 Å². The minimum Gasteiger partial charge on any atom is -0.324 e. The van der Waals surface area contributed by atoms with E-state index in [1.54, 1.807) is 0 Å². The standard InChI is InChI=1S/C18H15ClF4N6O3S/c1-9(29-14(16(22)23)12(19)13(27-29)15(20)21)17(30)26-10-3-5-11(6-4-10)33(31,32)28-18-24-7-2-8-25-18/h2-9,15-16H,1H3,(H,26,30)(H,24,25,28). The smallest absolute Gasteiger partial charge is 0.283 e. The van der Waals surface area contributed by atoms with Crippen LogP contribution in [0, 0.1) is 0 Å². The van der Waals surface area contributed by atoms with Crippen LogP contribution in [-0.2, 0) is 14.8 Å². The third-order valence-corrected chi connectivity index (χ3v) is 6.03. The van der Waals surface area contributed by atoms with E-state index in [1.165, 1.54) is 49.6 Å². The second kappa shape index (κ2) is 9.70. The normalized spacial score (nSPS) is 12.7. The number of hydrogen-bond donors (Lipinski definition) is 2. The molecule has 0 aliphatic carbocycles. The fourth-order valence-corrected chi connectivity index (χ4v) is 3.93. The first kappa shape index (κ1) is 24.4. The molecule has 9 nitrogen and oxygen atoms in total. The summed E-state index contributed by atoms with van der Waals surface area (Å²) in [5.41, 5.74) is -1.95. The Bertz CT molecular complexity index is 1240. The Morgan fingerprint density at radius 2 is 1.67 bits per heavy atom. The highest BCUT2D eigenvalue weighted by Gasteiger charge is 2.32. The summed E-state index contributed by atoms with van der Waals surface area (Å²) in [5.74, 6) is -1.01. The molecule has 15 heteroatoms. The Hall–Kier alpha value is -3.26. The number of aromatic nitrogens is 4. The topological polar surface area (TPSA) is 119 Å². The first-order valence-electron chi connectivity index (χ1n) is 9.06. The molecule has 0 radical (unpaired) electrons. The van der Waals surface area contributed by atoms with Gasteiger partial charge in [0.25, 0.3) is 22.9 Å². The van der Waals surface area contributed by atoms with Crippen molar-refractivity contribution in [2.24, 2.45) is 0 Å². The molecule has 3 rings (SSSR count). The van der Waals surface area contributed by atoms with Gasteiger partial charge in [0.15, 0.2) is 0 Å². The molecule has 2 N–H and O–H groups in total. The van der Waals surface area contributed by atoms with Crippen molar-refractivity contribution in [3.05, 3.63) is 59.1 Å². The Morgan fingerprint density at radius 3 is 2.21 bits per heavy atom. The third kappa shape index (κ3) is 5.39. The Labute approximate surface area is 189 Å². The molecule has 0 bridgehead atoms. The lowest BCUT2D eigenvalue weighted by Gasteiger charge is -2.16. The molecule has 1 amide bonds. The number of halogens is 5. The highest BCUT2D eigenvalue weighted by molar-refractivity contribution is 7.92. The molecule has 0 saturated carbocycles. The number of carbonyl (C=O) groups is 1. The number of anilines is 2. The summed E-state index contributed by atoms with van der Waals surface area (Å²) in [7, 11) is -4.01. The number of hydrogen-bond acceptors (Lipinski definition) is 6. The van der Waals surface area contributed by atoms with Crippen LogP contribution in [0.15, 0.2) is 47.6 Å². The SMILES string of the molecule is CC(C(=O)Nc1ccc(S(=O)(=O)Nc2ncccn2)cc1)n1nc(C(F)F)c(Cl)c1C(F)F. The van der Waals surface area contributed by atoms with Crippen LogP contribution in [0.2, 0.25) is 5.02 Å². The average Bonchev–Trinajstić information content (AvgIpc) is 3.11. The number of benzene rings is 1. The van der Waals surface area contributed by atoms with Gasteiger partial charge < -0.3 is 5.32 Å². The number of nitrogens with zero attached hydrogens (tertiary/aromatic N) is 4. The maximum absolute atomic E-state index is 13.3. The predicted octanol–water partition coefficient (Wildman–Crippen LogP) is 4.20. The molecule has 2 heterocycles. The Kier molecular flexibility index (Phi) is 7.17. The van der Waals surface area contributed by atoms with Crippen LogP contribution in [-0.4, -0.2) is 34.1 Å². The Morgan fingerprint density at radius 1 is 1.06 bits per heavy atom. The van der Waals surface area contributed by atoms with Gasteiger partial charge in [-0.3, -0.25) is 4.79 Å². The van der Waals surface area contributed by atoms with Gasteiger partial charge in [-0.15, -0.1) is 0 Å². The number of carbonyl (C=O) groups excluding carboxylic acids is 1. The van der Waals surface area contributed by atoms with Gasteiger partial charge in [0.1, 0.15) is 17.4 Å². The summed E-state index contributed by atoms with van der Waals surface area (Å²) in [4.78, 5) is 19.9. The fourth-order valence-electron chi connectivity index (χ4n) is 2.68. The molecule has 2 aromatic heterocycles. The second-order valence-corrected chi connectivity index (χ2v) is 8.56. The molecule has 1 unspecified atom stereocenters. The van der Waals surface area contributed by atoms with Crippen molar-refractivity contribution in [1.82, 2.24) is 19.7 Å². The number of amides is 1. The van der Waals surface area contributed by atoms with E-state index in [1.807, 2.05) is 0 Å². The van der Waals surface area contributed by atoms with Crippen molar-refractivity contribution >= 4 is 39.2 Å². The van der Waals surface area contributed by atoms with Crippen LogP contribution in [0.1, 0.15) is 37.2 Å². The third-order valence-electron chi connectivity index (χ3n) is 4.30. The van der Waals surface area contributed by atoms with Crippen molar-refractivity contribution in [1.29, 1.82) is 0 Å². The molecule has 176 valence electrons. The summed E-state index contributed by atoms with van der Waals surface area (Å²) < 4.78 is 80.0. The molecule has 1 atom stereocenters. The van der Waals surface area contributed by atoms with Gasteiger partial charge in [0, 0.05) is 18.1 Å². The number of rotatable bonds is 8. The maximum Gasteiger partial charge on any atom is 0.283 e. The molecular weight excluding hydrogens is 492 g/mol. The summed E-state index contributed by atoms with van der Waals surface area (Å²) in [6.07, 6.45) is -3.77. The molecule has 0 aliphatic heterocycles. The van der Waals surface area contributed by atoms with E-state index >= 15 is 0 Å². The highest BCUT2D eigenvalue weighted by Crippen LogP contribution is 2.36. The lowest BCUT2D eigenvalue weighted by atomic mass is 10.2. The van der Waals surface area contributed by atoms with Crippen LogP contribution in [0.4, 0.5) is 29.2 Å². The summed E-state index contributed by atoms with van der Waals surface area (Å²) in [6.45, 7) is 1.17. The zero-order valence-corrected chi connectivity index (χ0v) is 18.2. The first-order chi connectivity index (χ1) is 15.5. The van der Waals surface area contributed by atoms with Gasteiger partial charge in [0.2, 0.25) is 11.9 Å². The largest absolute Gasteiger partial charge is 0.324 e. The summed E-state index contributed by atoms with van der Waals surface area (Å²) in [6, 6.07) is 4.93. The number of nitrogens with one attached hydrogen (secondary N) is 2. The lowest BCUT2D eigenvalue weighted by molar-refractivity contribution is -0.119. The van der Waals surface area contributed by atoms with Crippen molar-refractivity contribution in [3.8, 4) is 0 Å². The minimum atomic E-state index is -4.01. The molecule has 1 aromatic carbocycles.